The molecule has 0 radical (unpaired) electrons. The minimum atomic E-state index is -0.803. The first-order valence-corrected chi connectivity index (χ1v) is 7.03. The largest absolute Gasteiger partial charge is 0.495 e. The summed E-state index contributed by atoms with van der Waals surface area (Å²) in [7, 11) is 3.07. The van der Waals surface area contributed by atoms with E-state index in [0.29, 0.717) is 22.1 Å². The maximum Gasteiger partial charge on any atom is 0.147 e. The van der Waals surface area contributed by atoms with Crippen LogP contribution >= 0.6 is 11.6 Å². The maximum absolute atomic E-state index is 10.7. The van der Waals surface area contributed by atoms with Gasteiger partial charge in [-0.15, -0.1) is 0 Å². The SMILES string of the molecule is COc1ccc(C(O)c2cccc(C)c2C)c(OC)c1Cl. The van der Waals surface area contributed by atoms with E-state index in [2.05, 4.69) is 0 Å². The molecule has 2 aromatic rings. The van der Waals surface area contributed by atoms with Crippen LogP contribution in [0.25, 0.3) is 0 Å². The van der Waals surface area contributed by atoms with Gasteiger partial charge in [0.2, 0.25) is 0 Å². The van der Waals surface area contributed by atoms with E-state index in [-0.39, 0.29) is 0 Å². The number of hydrogen-bond donors (Lipinski definition) is 1. The van der Waals surface area contributed by atoms with Crippen LogP contribution in [0.2, 0.25) is 5.02 Å². The molecular weight excluding hydrogens is 288 g/mol. The molecule has 0 aromatic heterocycles. The quantitative estimate of drug-likeness (QED) is 0.926. The van der Waals surface area contributed by atoms with Crippen LogP contribution in [-0.4, -0.2) is 19.3 Å². The van der Waals surface area contributed by atoms with E-state index >= 15 is 0 Å². The molecule has 112 valence electrons. The van der Waals surface area contributed by atoms with Gasteiger partial charge in [-0.2, -0.15) is 0 Å². The van der Waals surface area contributed by atoms with Crippen molar-refractivity contribution in [2.45, 2.75) is 20.0 Å². The predicted molar refractivity (Wildman–Crippen MR) is 84.5 cm³/mol. The Kier molecular flexibility index (Phi) is 4.76. The van der Waals surface area contributed by atoms with Crippen molar-refractivity contribution in [1.82, 2.24) is 0 Å². The van der Waals surface area contributed by atoms with E-state index in [9.17, 15) is 5.11 Å². The van der Waals surface area contributed by atoms with Crippen molar-refractivity contribution in [1.29, 1.82) is 0 Å². The van der Waals surface area contributed by atoms with E-state index < -0.39 is 6.10 Å². The highest BCUT2D eigenvalue weighted by atomic mass is 35.5. The lowest BCUT2D eigenvalue weighted by Gasteiger charge is -2.20. The number of benzene rings is 2. The van der Waals surface area contributed by atoms with Crippen LogP contribution in [0.5, 0.6) is 11.5 Å². The highest BCUT2D eigenvalue weighted by Gasteiger charge is 2.21. The Hall–Kier alpha value is -1.71. The number of rotatable bonds is 4. The lowest BCUT2D eigenvalue weighted by atomic mass is 9.94. The second-order valence-electron chi connectivity index (χ2n) is 4.90. The number of aliphatic hydroxyl groups is 1. The zero-order valence-corrected chi connectivity index (χ0v) is 13.4. The Morgan fingerprint density at radius 2 is 1.71 bits per heavy atom. The molecule has 0 saturated heterocycles. The number of halogens is 1. The number of methoxy groups -OCH3 is 2. The fourth-order valence-corrected chi connectivity index (χ4v) is 2.70. The molecule has 0 heterocycles. The monoisotopic (exact) mass is 306 g/mol. The first-order valence-electron chi connectivity index (χ1n) is 6.65. The average Bonchev–Trinajstić information content (AvgIpc) is 2.49. The zero-order valence-electron chi connectivity index (χ0n) is 12.6. The first-order chi connectivity index (χ1) is 10.0. The van der Waals surface area contributed by atoms with Crippen molar-refractivity contribution >= 4 is 11.6 Å². The van der Waals surface area contributed by atoms with Gasteiger partial charge in [0.15, 0.2) is 0 Å². The van der Waals surface area contributed by atoms with Crippen molar-refractivity contribution in [3.8, 4) is 11.5 Å². The van der Waals surface area contributed by atoms with Gasteiger partial charge in [0.1, 0.15) is 22.6 Å². The zero-order chi connectivity index (χ0) is 15.6. The van der Waals surface area contributed by atoms with Gasteiger partial charge in [-0.1, -0.05) is 29.8 Å². The summed E-state index contributed by atoms with van der Waals surface area (Å²) in [4.78, 5) is 0. The third-order valence-electron chi connectivity index (χ3n) is 3.75. The lowest BCUT2D eigenvalue weighted by Crippen LogP contribution is -2.06. The minimum absolute atomic E-state index is 0.363. The molecule has 0 aliphatic heterocycles. The molecule has 21 heavy (non-hydrogen) atoms. The summed E-state index contributed by atoms with van der Waals surface area (Å²) in [6, 6.07) is 9.36. The van der Waals surface area contributed by atoms with E-state index in [1.165, 1.54) is 7.11 Å². The normalized spacial score (nSPS) is 12.1. The highest BCUT2D eigenvalue weighted by Crippen LogP contribution is 2.41. The van der Waals surface area contributed by atoms with Gasteiger partial charge in [0.25, 0.3) is 0 Å². The van der Waals surface area contributed by atoms with Crippen LogP contribution in [0.3, 0.4) is 0 Å². The molecule has 0 aliphatic carbocycles. The Bertz CT molecular complexity index is 653. The molecule has 3 nitrogen and oxygen atoms in total. The summed E-state index contributed by atoms with van der Waals surface area (Å²) in [6.45, 7) is 4.01. The number of aryl methyl sites for hydroxylation is 1. The Morgan fingerprint density at radius 3 is 2.33 bits per heavy atom. The number of ether oxygens (including phenoxy) is 2. The fourth-order valence-electron chi connectivity index (χ4n) is 2.37. The fraction of sp³-hybridized carbons (Fsp3) is 0.294. The molecular formula is C17H19ClO3. The maximum atomic E-state index is 10.7. The van der Waals surface area contributed by atoms with Crippen LogP contribution in [-0.2, 0) is 0 Å². The number of aliphatic hydroxyl groups excluding tert-OH is 1. The molecule has 0 fully saturated rings. The van der Waals surface area contributed by atoms with Crippen molar-refractivity contribution in [2.75, 3.05) is 14.2 Å². The first kappa shape index (κ1) is 15.7. The molecule has 1 unspecified atom stereocenters. The van der Waals surface area contributed by atoms with Crippen molar-refractivity contribution in [2.24, 2.45) is 0 Å². The van der Waals surface area contributed by atoms with Crippen LogP contribution in [0.1, 0.15) is 28.4 Å². The molecule has 2 rings (SSSR count). The summed E-state index contributed by atoms with van der Waals surface area (Å²) in [5.74, 6) is 0.954. The molecule has 0 spiro atoms. The molecule has 1 N–H and O–H groups in total. The van der Waals surface area contributed by atoms with Crippen molar-refractivity contribution in [3.63, 3.8) is 0 Å². The highest BCUT2D eigenvalue weighted by molar-refractivity contribution is 6.33. The standard InChI is InChI=1S/C17H19ClO3/c1-10-6-5-7-12(11(10)2)16(19)13-8-9-14(20-3)15(18)17(13)21-4/h5-9,16,19H,1-4H3. The molecule has 1 atom stereocenters. The number of hydrogen-bond acceptors (Lipinski definition) is 3. The van der Waals surface area contributed by atoms with Gasteiger partial charge in [-0.25, -0.2) is 0 Å². The van der Waals surface area contributed by atoms with Gasteiger partial charge in [0, 0.05) is 5.56 Å². The third kappa shape index (κ3) is 2.85. The van der Waals surface area contributed by atoms with E-state index in [1.54, 1.807) is 19.2 Å². The van der Waals surface area contributed by atoms with Crippen LogP contribution in [0.15, 0.2) is 30.3 Å². The van der Waals surface area contributed by atoms with Crippen molar-refractivity contribution in [3.05, 3.63) is 57.6 Å². The molecule has 0 bridgehead atoms. The Labute approximate surface area is 130 Å². The van der Waals surface area contributed by atoms with Crippen LogP contribution in [0.4, 0.5) is 0 Å². The second kappa shape index (κ2) is 6.37. The lowest BCUT2D eigenvalue weighted by molar-refractivity contribution is 0.213. The molecule has 0 aliphatic rings. The topological polar surface area (TPSA) is 38.7 Å². The average molecular weight is 307 g/mol. The van der Waals surface area contributed by atoms with Gasteiger partial charge in [0.05, 0.1) is 14.2 Å². The van der Waals surface area contributed by atoms with E-state index in [4.69, 9.17) is 21.1 Å². The Balaban J connectivity index is 2.56. The molecule has 4 heteroatoms. The summed E-state index contributed by atoms with van der Waals surface area (Å²) in [5.41, 5.74) is 3.65. The summed E-state index contributed by atoms with van der Waals surface area (Å²) in [5, 5.41) is 11.1. The second-order valence-corrected chi connectivity index (χ2v) is 5.27. The van der Waals surface area contributed by atoms with Gasteiger partial charge in [-0.3, -0.25) is 0 Å². The summed E-state index contributed by atoms with van der Waals surface area (Å²) in [6.07, 6.45) is -0.803. The van der Waals surface area contributed by atoms with E-state index in [0.717, 1.165) is 16.7 Å². The van der Waals surface area contributed by atoms with Gasteiger partial charge >= 0.3 is 0 Å². The summed E-state index contributed by atoms with van der Waals surface area (Å²) < 4.78 is 10.5. The molecule has 0 saturated carbocycles. The van der Waals surface area contributed by atoms with Gasteiger partial charge < -0.3 is 14.6 Å². The minimum Gasteiger partial charge on any atom is -0.495 e. The van der Waals surface area contributed by atoms with Gasteiger partial charge in [-0.05, 0) is 42.7 Å². The van der Waals surface area contributed by atoms with Crippen LogP contribution < -0.4 is 9.47 Å². The van der Waals surface area contributed by atoms with Crippen molar-refractivity contribution < 1.29 is 14.6 Å². The molecule has 0 amide bonds. The Morgan fingerprint density at radius 1 is 1.00 bits per heavy atom. The smallest absolute Gasteiger partial charge is 0.147 e. The van der Waals surface area contributed by atoms with E-state index in [1.807, 2.05) is 32.0 Å². The predicted octanol–water partition coefficient (Wildman–Crippen LogP) is 4.06. The third-order valence-corrected chi connectivity index (χ3v) is 4.11. The molecule has 2 aromatic carbocycles. The van der Waals surface area contributed by atoms with Crippen LogP contribution in [0, 0.1) is 13.8 Å². The summed E-state index contributed by atoms with van der Waals surface area (Å²) >= 11 is 6.26.